The van der Waals surface area contributed by atoms with E-state index in [1.165, 1.54) is 6.42 Å². The van der Waals surface area contributed by atoms with Gasteiger partial charge in [0, 0.05) is 6.42 Å². The molecule has 7 nitrogen and oxygen atoms in total. The van der Waals surface area contributed by atoms with Crippen molar-refractivity contribution < 1.29 is 29.0 Å². The maximum absolute atomic E-state index is 12.5. The second-order valence-electron chi connectivity index (χ2n) is 16.0. The van der Waals surface area contributed by atoms with Crippen molar-refractivity contribution in [2.24, 2.45) is 52.3 Å². The van der Waals surface area contributed by atoms with Gasteiger partial charge in [0.05, 0.1) is 12.0 Å². The molecule has 1 amide bonds. The number of aliphatic hydroxyl groups is 1. The maximum atomic E-state index is 12.5. The van der Waals surface area contributed by atoms with Gasteiger partial charge in [-0.25, -0.2) is 0 Å². The van der Waals surface area contributed by atoms with Gasteiger partial charge in [-0.05, 0) is 131 Å². The third kappa shape index (κ3) is 6.86. The van der Waals surface area contributed by atoms with Crippen LogP contribution in [0.3, 0.4) is 0 Å². The van der Waals surface area contributed by atoms with Crippen molar-refractivity contribution in [3.63, 3.8) is 0 Å². The zero-order chi connectivity index (χ0) is 31.0. The zero-order valence-electron chi connectivity index (χ0n) is 27.7. The number of carbonyl (C=O) groups excluding carboxylic acids is 3. The van der Waals surface area contributed by atoms with Crippen molar-refractivity contribution in [3.05, 3.63) is 0 Å². The van der Waals surface area contributed by atoms with Crippen LogP contribution in [-0.4, -0.2) is 47.3 Å². The predicted molar refractivity (Wildman–Crippen MR) is 163 cm³/mol. The van der Waals surface area contributed by atoms with Gasteiger partial charge in [0.2, 0.25) is 5.91 Å². The fourth-order valence-electron chi connectivity index (χ4n) is 9.91. The molecule has 4 aliphatic rings. The smallest absolute Gasteiger partial charge is 0.325 e. The van der Waals surface area contributed by atoms with Gasteiger partial charge in [-0.3, -0.25) is 14.4 Å². The first-order chi connectivity index (χ1) is 19.6. The monoisotopic (exact) mass is 589 g/mol. The van der Waals surface area contributed by atoms with E-state index in [-0.39, 0.29) is 47.4 Å². The number of esters is 2. The lowest BCUT2D eigenvalue weighted by Crippen LogP contribution is -2.58. The minimum atomic E-state index is -0.560. The van der Waals surface area contributed by atoms with Gasteiger partial charge in [0.15, 0.2) is 0 Å². The van der Waals surface area contributed by atoms with Crippen LogP contribution >= 0.6 is 0 Å². The molecule has 42 heavy (non-hydrogen) atoms. The van der Waals surface area contributed by atoms with E-state index in [1.54, 1.807) is 0 Å². The highest BCUT2D eigenvalue weighted by atomic mass is 16.6. The third-order valence-corrected chi connectivity index (χ3v) is 12.4. The third-order valence-electron chi connectivity index (χ3n) is 12.4. The van der Waals surface area contributed by atoms with E-state index in [1.807, 2.05) is 34.6 Å². The lowest BCUT2D eigenvalue weighted by molar-refractivity contribution is -0.184. The molecule has 0 radical (unpaired) electrons. The standard InChI is InChI=1S/C35H59NO6/c1-9-21(2)32(40)41-24-14-16-34(7)23(18-24)19-28(37)31-26-12-11-25(35(26,8)17-15-27(31)34)22(3)10-13-29(38)36-20-30(39)42-33(4,5)6/h21-28,31,37H,9-20H2,1-8H3,(H,36,38). The first-order valence-corrected chi connectivity index (χ1v) is 17.0. The average molecular weight is 590 g/mol. The minimum Gasteiger partial charge on any atom is -0.462 e. The van der Waals surface area contributed by atoms with Crippen LogP contribution < -0.4 is 5.32 Å². The Labute approximate surface area is 254 Å². The topological polar surface area (TPSA) is 102 Å². The average Bonchev–Trinajstić information content (AvgIpc) is 3.27. The van der Waals surface area contributed by atoms with Crippen LogP contribution in [-0.2, 0) is 23.9 Å². The molecule has 0 saturated heterocycles. The summed E-state index contributed by atoms with van der Waals surface area (Å²) in [4.78, 5) is 37.0. The van der Waals surface area contributed by atoms with Crippen molar-refractivity contribution in [1.82, 2.24) is 5.32 Å². The van der Waals surface area contributed by atoms with Gasteiger partial charge in [-0.2, -0.15) is 0 Å². The summed E-state index contributed by atoms with van der Waals surface area (Å²) in [6, 6.07) is 0. The molecule has 240 valence electrons. The molecular formula is C35H59NO6. The van der Waals surface area contributed by atoms with Crippen molar-refractivity contribution >= 4 is 17.8 Å². The summed E-state index contributed by atoms with van der Waals surface area (Å²) in [6.45, 7) is 16.6. The van der Waals surface area contributed by atoms with E-state index in [2.05, 4.69) is 26.1 Å². The van der Waals surface area contributed by atoms with Gasteiger partial charge in [-0.15, -0.1) is 0 Å². The van der Waals surface area contributed by atoms with Gasteiger partial charge in [0.1, 0.15) is 18.2 Å². The second kappa shape index (κ2) is 12.8. The number of carbonyl (C=O) groups is 3. The molecule has 0 aromatic carbocycles. The van der Waals surface area contributed by atoms with E-state index in [0.717, 1.165) is 57.8 Å². The normalized spacial score (nSPS) is 39.2. The number of amides is 1. The van der Waals surface area contributed by atoms with Crippen molar-refractivity contribution in [3.8, 4) is 0 Å². The Hall–Kier alpha value is -1.63. The predicted octanol–water partition coefficient (Wildman–Crippen LogP) is 6.45. The molecule has 0 bridgehead atoms. The summed E-state index contributed by atoms with van der Waals surface area (Å²) in [5.74, 6) is 2.08. The van der Waals surface area contributed by atoms with E-state index in [4.69, 9.17) is 9.47 Å². The maximum Gasteiger partial charge on any atom is 0.325 e. The second-order valence-corrected chi connectivity index (χ2v) is 16.0. The van der Waals surface area contributed by atoms with E-state index in [0.29, 0.717) is 41.9 Å². The zero-order valence-corrected chi connectivity index (χ0v) is 27.7. The number of hydrogen-bond acceptors (Lipinski definition) is 6. The molecule has 0 aromatic rings. The van der Waals surface area contributed by atoms with E-state index >= 15 is 0 Å². The molecule has 0 aromatic heterocycles. The fourth-order valence-corrected chi connectivity index (χ4v) is 9.91. The highest BCUT2D eigenvalue weighted by molar-refractivity contribution is 5.82. The molecule has 4 rings (SSSR count). The van der Waals surface area contributed by atoms with E-state index in [9.17, 15) is 19.5 Å². The number of nitrogens with one attached hydrogen (secondary N) is 1. The fraction of sp³-hybridized carbons (Fsp3) is 0.914. The summed E-state index contributed by atoms with van der Waals surface area (Å²) >= 11 is 0. The Morgan fingerprint density at radius 3 is 2.31 bits per heavy atom. The first kappa shape index (κ1) is 33.3. The first-order valence-electron chi connectivity index (χ1n) is 17.0. The molecule has 4 saturated carbocycles. The van der Waals surface area contributed by atoms with Crippen LogP contribution in [0.25, 0.3) is 0 Å². The molecule has 0 spiro atoms. The van der Waals surface area contributed by atoms with Crippen LogP contribution in [0.15, 0.2) is 0 Å². The van der Waals surface area contributed by atoms with Gasteiger partial charge < -0.3 is 19.9 Å². The number of hydrogen-bond donors (Lipinski definition) is 2. The van der Waals surface area contributed by atoms with Crippen LogP contribution in [0.5, 0.6) is 0 Å². The van der Waals surface area contributed by atoms with Gasteiger partial charge in [0.25, 0.3) is 0 Å². The number of fused-ring (bicyclic) bond motifs is 5. The molecule has 7 heteroatoms. The summed E-state index contributed by atoms with van der Waals surface area (Å²) < 4.78 is 11.2. The summed E-state index contributed by atoms with van der Waals surface area (Å²) in [5.41, 5.74) is -0.184. The summed E-state index contributed by atoms with van der Waals surface area (Å²) in [7, 11) is 0. The Bertz CT molecular complexity index is 990. The molecule has 4 aliphatic carbocycles. The summed E-state index contributed by atoms with van der Waals surface area (Å²) in [6.07, 6.45) is 10.1. The van der Waals surface area contributed by atoms with E-state index < -0.39 is 11.6 Å². The Morgan fingerprint density at radius 1 is 0.976 bits per heavy atom. The Morgan fingerprint density at radius 2 is 1.64 bits per heavy atom. The molecule has 0 heterocycles. The highest BCUT2D eigenvalue weighted by Crippen LogP contribution is 2.68. The van der Waals surface area contributed by atoms with Gasteiger partial charge >= 0.3 is 11.9 Å². The SMILES string of the molecule is CCC(C)C(=O)OC1CCC2(C)C(C1)CC(O)C1C2CCC2(C)C(C(C)CCC(=O)NCC(=O)OC(C)(C)C)CCC12. The Balaban J connectivity index is 1.34. The van der Waals surface area contributed by atoms with Crippen LogP contribution in [0, 0.1) is 52.3 Å². The molecule has 4 fully saturated rings. The molecular weight excluding hydrogens is 530 g/mol. The van der Waals surface area contributed by atoms with Crippen molar-refractivity contribution in [2.75, 3.05) is 6.54 Å². The number of aliphatic hydroxyl groups excluding tert-OH is 1. The Kier molecular flexibility index (Phi) is 10.1. The number of rotatable bonds is 9. The highest BCUT2D eigenvalue weighted by Gasteiger charge is 2.63. The quantitative estimate of drug-likeness (QED) is 0.300. The minimum absolute atomic E-state index is 0.0137. The number of ether oxygens (including phenoxy) is 2. The lowest BCUT2D eigenvalue weighted by Gasteiger charge is -2.62. The van der Waals surface area contributed by atoms with Crippen molar-refractivity contribution in [2.45, 2.75) is 144 Å². The largest absolute Gasteiger partial charge is 0.462 e. The van der Waals surface area contributed by atoms with Crippen molar-refractivity contribution in [1.29, 1.82) is 0 Å². The molecule has 0 aliphatic heterocycles. The lowest BCUT2D eigenvalue weighted by atomic mass is 9.43. The van der Waals surface area contributed by atoms with Crippen LogP contribution in [0.2, 0.25) is 0 Å². The van der Waals surface area contributed by atoms with Crippen LogP contribution in [0.4, 0.5) is 0 Å². The van der Waals surface area contributed by atoms with Gasteiger partial charge in [-0.1, -0.05) is 34.6 Å². The molecule has 11 atom stereocenters. The van der Waals surface area contributed by atoms with Crippen LogP contribution in [0.1, 0.15) is 126 Å². The summed E-state index contributed by atoms with van der Waals surface area (Å²) in [5, 5.41) is 14.4. The molecule has 11 unspecified atom stereocenters. The molecule has 2 N–H and O–H groups in total.